The van der Waals surface area contributed by atoms with Crippen molar-refractivity contribution in [3.05, 3.63) is 35.5 Å². The molecule has 0 radical (unpaired) electrons. The Balaban J connectivity index is 1.41. The molecular weight excluding hydrogens is 379 g/mol. The Morgan fingerprint density at radius 3 is 2.55 bits per heavy atom. The summed E-state index contributed by atoms with van der Waals surface area (Å²) in [4.78, 5) is 28.8. The van der Waals surface area contributed by atoms with E-state index in [1.807, 2.05) is 11.8 Å². The number of rotatable bonds is 4. The first-order valence-electron chi connectivity index (χ1n) is 9.56. The van der Waals surface area contributed by atoms with Crippen LogP contribution in [0.3, 0.4) is 0 Å². The van der Waals surface area contributed by atoms with Gasteiger partial charge in [-0.2, -0.15) is 0 Å². The topological polar surface area (TPSA) is 92.7 Å². The van der Waals surface area contributed by atoms with E-state index in [-0.39, 0.29) is 11.9 Å². The van der Waals surface area contributed by atoms with Crippen LogP contribution in [0.15, 0.2) is 18.5 Å². The van der Waals surface area contributed by atoms with Crippen molar-refractivity contribution in [3.8, 4) is 11.6 Å². The van der Waals surface area contributed by atoms with Crippen molar-refractivity contribution in [2.24, 2.45) is 0 Å². The predicted molar refractivity (Wildman–Crippen MR) is 103 cm³/mol. The second-order valence-electron chi connectivity index (χ2n) is 6.91. The fraction of sp³-hybridized carbons (Fsp3) is 0.474. The molecule has 1 atom stereocenters. The van der Waals surface area contributed by atoms with Gasteiger partial charge in [-0.05, 0) is 6.92 Å². The number of ether oxygens (including phenoxy) is 2. The minimum Gasteiger partial charge on any atom is -0.484 e. The van der Waals surface area contributed by atoms with Gasteiger partial charge in [0.25, 0.3) is 11.8 Å². The van der Waals surface area contributed by atoms with E-state index in [4.69, 9.17) is 9.47 Å². The molecule has 10 heteroatoms. The molecule has 2 aliphatic rings. The zero-order chi connectivity index (χ0) is 20.4. The van der Waals surface area contributed by atoms with Crippen molar-refractivity contribution >= 4 is 11.9 Å². The fourth-order valence-corrected chi connectivity index (χ4v) is 3.49. The van der Waals surface area contributed by atoms with Gasteiger partial charge in [0.15, 0.2) is 5.75 Å². The zero-order valence-electron chi connectivity index (χ0n) is 16.4. The molecule has 4 rings (SSSR count). The Morgan fingerprint density at radius 1 is 1.17 bits per heavy atom. The SMILES string of the molecule is CNC(=O)c1cnc(N2CCN(C(C)c3nc4c(cc3F)OCCO4)CC2)nc1. The van der Waals surface area contributed by atoms with Crippen molar-refractivity contribution in [2.75, 3.05) is 51.3 Å². The van der Waals surface area contributed by atoms with Crippen LogP contribution in [0.4, 0.5) is 10.3 Å². The Bertz CT molecular complexity index is 886. The van der Waals surface area contributed by atoms with Gasteiger partial charge in [-0.25, -0.2) is 19.3 Å². The third kappa shape index (κ3) is 3.93. The Labute approximate surface area is 167 Å². The van der Waals surface area contributed by atoms with Gasteiger partial charge in [0.2, 0.25) is 5.95 Å². The zero-order valence-corrected chi connectivity index (χ0v) is 16.4. The lowest BCUT2D eigenvalue weighted by molar-refractivity contribution is 0.0962. The van der Waals surface area contributed by atoms with Crippen molar-refractivity contribution in [2.45, 2.75) is 13.0 Å². The molecule has 0 aliphatic carbocycles. The highest BCUT2D eigenvalue weighted by atomic mass is 19.1. The normalized spacial score (nSPS) is 17.7. The van der Waals surface area contributed by atoms with Gasteiger partial charge in [-0.1, -0.05) is 0 Å². The molecule has 1 N–H and O–H groups in total. The molecule has 9 nitrogen and oxygen atoms in total. The first-order chi connectivity index (χ1) is 14.1. The largest absolute Gasteiger partial charge is 0.484 e. The summed E-state index contributed by atoms with van der Waals surface area (Å²) < 4.78 is 25.5. The van der Waals surface area contributed by atoms with Crippen LogP contribution >= 0.6 is 0 Å². The number of halogens is 1. The highest BCUT2D eigenvalue weighted by molar-refractivity contribution is 5.93. The Kier molecular flexibility index (Phi) is 5.43. The minimum absolute atomic E-state index is 0.204. The number of aromatic nitrogens is 3. The third-order valence-corrected chi connectivity index (χ3v) is 5.18. The molecule has 1 unspecified atom stereocenters. The third-order valence-electron chi connectivity index (χ3n) is 5.18. The number of nitrogens with zero attached hydrogens (tertiary/aromatic N) is 5. The van der Waals surface area contributed by atoms with Gasteiger partial charge in [-0.3, -0.25) is 9.69 Å². The number of carbonyl (C=O) groups excluding carboxylic acids is 1. The molecule has 0 spiro atoms. The molecule has 0 saturated carbocycles. The number of fused-ring (bicyclic) bond motifs is 1. The van der Waals surface area contributed by atoms with Crippen LogP contribution < -0.4 is 19.7 Å². The number of amides is 1. The van der Waals surface area contributed by atoms with Crippen molar-refractivity contribution < 1.29 is 18.7 Å². The van der Waals surface area contributed by atoms with E-state index in [0.29, 0.717) is 68.2 Å². The monoisotopic (exact) mass is 402 g/mol. The number of nitrogens with one attached hydrogen (secondary N) is 1. The molecule has 1 saturated heterocycles. The van der Waals surface area contributed by atoms with Crippen LogP contribution in [0.25, 0.3) is 0 Å². The van der Waals surface area contributed by atoms with E-state index in [1.165, 1.54) is 18.5 Å². The Hall–Kier alpha value is -3.01. The maximum Gasteiger partial charge on any atom is 0.257 e. The maximum atomic E-state index is 14.6. The average Bonchev–Trinajstić information content (AvgIpc) is 2.78. The summed E-state index contributed by atoms with van der Waals surface area (Å²) in [6.45, 7) is 5.54. The lowest BCUT2D eigenvalue weighted by atomic mass is 10.1. The van der Waals surface area contributed by atoms with Crippen molar-refractivity contribution in [1.29, 1.82) is 0 Å². The summed E-state index contributed by atoms with van der Waals surface area (Å²) >= 11 is 0. The van der Waals surface area contributed by atoms with E-state index < -0.39 is 5.82 Å². The van der Waals surface area contributed by atoms with Gasteiger partial charge in [-0.15, -0.1) is 0 Å². The van der Waals surface area contributed by atoms with Crippen molar-refractivity contribution in [3.63, 3.8) is 0 Å². The van der Waals surface area contributed by atoms with Crippen LogP contribution in [0, 0.1) is 5.82 Å². The van der Waals surface area contributed by atoms with Gasteiger partial charge < -0.3 is 19.7 Å². The maximum absolute atomic E-state index is 14.6. The van der Waals surface area contributed by atoms with E-state index in [0.717, 1.165) is 0 Å². The highest BCUT2D eigenvalue weighted by Gasteiger charge is 2.28. The molecular formula is C19H23FN6O3. The molecule has 154 valence electrons. The van der Waals surface area contributed by atoms with Gasteiger partial charge in [0.05, 0.1) is 17.3 Å². The molecule has 2 aliphatic heterocycles. The van der Waals surface area contributed by atoms with E-state index in [2.05, 4.69) is 25.2 Å². The first-order valence-corrected chi connectivity index (χ1v) is 9.56. The minimum atomic E-state index is -0.391. The second kappa shape index (κ2) is 8.16. The number of hydrogen-bond acceptors (Lipinski definition) is 8. The van der Waals surface area contributed by atoms with Gasteiger partial charge in [0, 0.05) is 51.7 Å². The summed E-state index contributed by atoms with van der Waals surface area (Å²) in [6.07, 6.45) is 3.04. The average molecular weight is 402 g/mol. The molecule has 1 fully saturated rings. The summed E-state index contributed by atoms with van der Waals surface area (Å²) in [7, 11) is 1.57. The van der Waals surface area contributed by atoms with Crippen LogP contribution in [0.5, 0.6) is 11.6 Å². The molecule has 4 heterocycles. The van der Waals surface area contributed by atoms with E-state index >= 15 is 0 Å². The summed E-state index contributed by atoms with van der Waals surface area (Å²) in [6, 6.07) is 1.15. The van der Waals surface area contributed by atoms with E-state index in [9.17, 15) is 9.18 Å². The van der Waals surface area contributed by atoms with Crippen LogP contribution in [-0.2, 0) is 0 Å². The van der Waals surface area contributed by atoms with Crippen LogP contribution in [-0.4, -0.2) is 72.2 Å². The number of anilines is 1. The van der Waals surface area contributed by atoms with Gasteiger partial charge >= 0.3 is 0 Å². The lowest BCUT2D eigenvalue weighted by Gasteiger charge is -2.38. The number of hydrogen-bond donors (Lipinski definition) is 1. The summed E-state index contributed by atoms with van der Waals surface area (Å²) in [5.41, 5.74) is 0.776. The first kappa shape index (κ1) is 19.3. The quantitative estimate of drug-likeness (QED) is 0.811. The number of piperazine rings is 1. The standard InChI is InChI=1S/C19H23FN6O3/c1-12(16-14(20)9-15-18(24-16)29-8-7-28-15)25-3-5-26(6-4-25)19-22-10-13(11-23-19)17(27)21-2/h9-12H,3-8H2,1-2H3,(H,21,27). The lowest BCUT2D eigenvalue weighted by Crippen LogP contribution is -2.48. The van der Waals surface area contributed by atoms with Crippen LogP contribution in [0.2, 0.25) is 0 Å². The smallest absolute Gasteiger partial charge is 0.257 e. The fourth-order valence-electron chi connectivity index (χ4n) is 3.49. The van der Waals surface area contributed by atoms with Crippen molar-refractivity contribution in [1.82, 2.24) is 25.2 Å². The Morgan fingerprint density at radius 2 is 1.86 bits per heavy atom. The molecule has 1 amide bonds. The molecule has 2 aromatic rings. The highest BCUT2D eigenvalue weighted by Crippen LogP contribution is 2.33. The second-order valence-corrected chi connectivity index (χ2v) is 6.91. The molecule has 29 heavy (non-hydrogen) atoms. The van der Waals surface area contributed by atoms with E-state index in [1.54, 1.807) is 7.05 Å². The van der Waals surface area contributed by atoms with Gasteiger partial charge in [0.1, 0.15) is 19.0 Å². The molecule has 2 aromatic heterocycles. The number of carbonyl (C=O) groups is 1. The molecule has 0 aromatic carbocycles. The van der Waals surface area contributed by atoms with Crippen LogP contribution in [0.1, 0.15) is 29.0 Å². The summed E-state index contributed by atoms with van der Waals surface area (Å²) in [5, 5.41) is 2.55. The number of pyridine rings is 1. The molecule has 0 bridgehead atoms. The predicted octanol–water partition coefficient (Wildman–Crippen LogP) is 1.02. The summed E-state index contributed by atoms with van der Waals surface area (Å²) in [5.74, 6) is 0.671.